The van der Waals surface area contributed by atoms with E-state index in [9.17, 15) is 0 Å². The van der Waals surface area contributed by atoms with E-state index in [1.807, 2.05) is 0 Å². The zero-order valence-corrected chi connectivity index (χ0v) is 7.68. The van der Waals surface area contributed by atoms with E-state index in [4.69, 9.17) is 4.74 Å². The fraction of sp³-hybridized carbons (Fsp3) is 1.00. The largest absolute Gasteiger partial charge is 0.371 e. The molecule has 0 spiro atoms. The highest BCUT2D eigenvalue weighted by atomic mass is 16.5. The first-order chi connectivity index (χ1) is 5.12. The van der Waals surface area contributed by atoms with E-state index in [1.54, 1.807) is 0 Å². The summed E-state index contributed by atoms with van der Waals surface area (Å²) in [6.07, 6.45) is 0. The van der Waals surface area contributed by atoms with Gasteiger partial charge >= 0.3 is 0 Å². The van der Waals surface area contributed by atoms with Crippen LogP contribution >= 0.6 is 0 Å². The molecule has 0 aromatic carbocycles. The molecule has 0 saturated carbocycles. The predicted octanol–water partition coefficient (Wildman–Crippen LogP) is -0.0735. The van der Waals surface area contributed by atoms with Crippen molar-refractivity contribution in [3.63, 3.8) is 0 Å². The Morgan fingerprint density at radius 1 is 1.45 bits per heavy atom. The van der Waals surface area contributed by atoms with Gasteiger partial charge in [0.1, 0.15) is 0 Å². The number of rotatable bonds is 4. The number of hydrogen-bond donors (Lipinski definition) is 1. The van der Waals surface area contributed by atoms with Crippen LogP contribution in [0, 0.1) is 0 Å². The second-order valence-corrected chi connectivity index (χ2v) is 3.71. The van der Waals surface area contributed by atoms with Gasteiger partial charge in [-0.3, -0.25) is 0 Å². The van der Waals surface area contributed by atoms with Crippen LogP contribution in [0.5, 0.6) is 0 Å². The highest BCUT2D eigenvalue weighted by Crippen LogP contribution is 2.14. The Hall–Kier alpha value is -0.120. The average molecular weight is 158 g/mol. The van der Waals surface area contributed by atoms with E-state index in [1.165, 1.54) is 0 Å². The van der Waals surface area contributed by atoms with Crippen molar-refractivity contribution in [2.45, 2.75) is 12.5 Å². The van der Waals surface area contributed by atoms with E-state index >= 15 is 0 Å². The summed E-state index contributed by atoms with van der Waals surface area (Å²) in [6.45, 7) is 6.00. The molecule has 0 aromatic heterocycles. The molecule has 1 heterocycles. The Balaban J connectivity index is 2.02. The topological polar surface area (TPSA) is 24.5 Å². The quantitative estimate of drug-likeness (QED) is 0.619. The van der Waals surface area contributed by atoms with Crippen molar-refractivity contribution in [3.8, 4) is 0 Å². The van der Waals surface area contributed by atoms with Gasteiger partial charge in [-0.15, -0.1) is 0 Å². The van der Waals surface area contributed by atoms with Gasteiger partial charge in [0.05, 0.1) is 12.2 Å². The van der Waals surface area contributed by atoms with Crippen molar-refractivity contribution >= 4 is 0 Å². The van der Waals surface area contributed by atoms with E-state index in [0.717, 1.165) is 26.2 Å². The van der Waals surface area contributed by atoms with Gasteiger partial charge in [0.15, 0.2) is 0 Å². The number of likely N-dealkylation sites (N-methyl/N-ethyl adjacent to an activating group) is 1. The van der Waals surface area contributed by atoms with Gasteiger partial charge in [0.2, 0.25) is 0 Å². The van der Waals surface area contributed by atoms with Crippen molar-refractivity contribution in [2.75, 3.05) is 40.3 Å². The maximum absolute atomic E-state index is 5.67. The Morgan fingerprint density at radius 3 is 2.45 bits per heavy atom. The minimum Gasteiger partial charge on any atom is -0.371 e. The SMILES string of the molecule is CN(C)CCOC1(C)CNC1. The number of hydrogen-bond acceptors (Lipinski definition) is 3. The van der Waals surface area contributed by atoms with Crippen molar-refractivity contribution in [3.05, 3.63) is 0 Å². The number of nitrogens with zero attached hydrogens (tertiary/aromatic N) is 1. The van der Waals surface area contributed by atoms with Crippen molar-refractivity contribution in [2.24, 2.45) is 0 Å². The molecule has 66 valence electrons. The van der Waals surface area contributed by atoms with Crippen LogP contribution in [0.4, 0.5) is 0 Å². The molecule has 3 nitrogen and oxygen atoms in total. The molecule has 0 bridgehead atoms. The molecule has 0 radical (unpaired) electrons. The van der Waals surface area contributed by atoms with Gasteiger partial charge in [-0.05, 0) is 21.0 Å². The summed E-state index contributed by atoms with van der Waals surface area (Å²) < 4.78 is 5.67. The first-order valence-electron chi connectivity index (χ1n) is 4.12. The van der Waals surface area contributed by atoms with Gasteiger partial charge in [-0.1, -0.05) is 0 Å². The van der Waals surface area contributed by atoms with Crippen LogP contribution in [0.3, 0.4) is 0 Å². The van der Waals surface area contributed by atoms with E-state index in [-0.39, 0.29) is 5.60 Å². The molecule has 0 amide bonds. The fourth-order valence-electron chi connectivity index (χ4n) is 1.05. The summed E-state index contributed by atoms with van der Waals surface area (Å²) in [4.78, 5) is 2.13. The van der Waals surface area contributed by atoms with Gasteiger partial charge in [0, 0.05) is 19.6 Å². The van der Waals surface area contributed by atoms with Crippen molar-refractivity contribution < 1.29 is 4.74 Å². The molecule has 1 aliphatic heterocycles. The zero-order valence-electron chi connectivity index (χ0n) is 7.68. The summed E-state index contributed by atoms with van der Waals surface area (Å²) in [7, 11) is 4.12. The minimum absolute atomic E-state index is 0.121. The second kappa shape index (κ2) is 3.52. The van der Waals surface area contributed by atoms with Gasteiger partial charge in [-0.25, -0.2) is 0 Å². The number of ether oxygens (including phenoxy) is 1. The molecule has 1 fully saturated rings. The fourth-order valence-corrected chi connectivity index (χ4v) is 1.05. The maximum Gasteiger partial charge on any atom is 0.0902 e. The molecule has 1 N–H and O–H groups in total. The molecule has 0 aromatic rings. The standard InChI is InChI=1S/C8H18N2O/c1-8(6-9-7-8)11-5-4-10(2)3/h9H,4-7H2,1-3H3. The van der Waals surface area contributed by atoms with Crippen LogP contribution in [-0.2, 0) is 4.74 Å². The molecule has 0 unspecified atom stereocenters. The Bertz CT molecular complexity index is 121. The van der Waals surface area contributed by atoms with Crippen LogP contribution in [0.1, 0.15) is 6.92 Å². The van der Waals surface area contributed by atoms with Gasteiger partial charge in [0.25, 0.3) is 0 Å². The summed E-state index contributed by atoms with van der Waals surface area (Å²) in [6, 6.07) is 0. The van der Waals surface area contributed by atoms with Crippen LogP contribution in [-0.4, -0.2) is 50.8 Å². The molecule has 1 aliphatic rings. The van der Waals surface area contributed by atoms with Gasteiger partial charge in [-0.2, -0.15) is 0 Å². The highest BCUT2D eigenvalue weighted by Gasteiger charge is 2.31. The summed E-state index contributed by atoms with van der Waals surface area (Å²) in [5.41, 5.74) is 0.121. The molecule has 11 heavy (non-hydrogen) atoms. The van der Waals surface area contributed by atoms with Crippen LogP contribution in [0.15, 0.2) is 0 Å². The Labute approximate surface area is 68.7 Å². The first-order valence-corrected chi connectivity index (χ1v) is 4.12. The van der Waals surface area contributed by atoms with Crippen molar-refractivity contribution in [1.82, 2.24) is 10.2 Å². The minimum atomic E-state index is 0.121. The maximum atomic E-state index is 5.67. The number of nitrogens with one attached hydrogen (secondary N) is 1. The van der Waals surface area contributed by atoms with Crippen LogP contribution in [0.25, 0.3) is 0 Å². The first kappa shape index (κ1) is 8.97. The summed E-state index contributed by atoms with van der Waals surface area (Å²) >= 11 is 0. The molecular weight excluding hydrogens is 140 g/mol. The lowest BCUT2D eigenvalue weighted by atomic mass is 10.0. The molecular formula is C8H18N2O. The molecule has 1 saturated heterocycles. The predicted molar refractivity (Wildman–Crippen MR) is 45.8 cm³/mol. The lowest BCUT2D eigenvalue weighted by molar-refractivity contribution is -0.0697. The normalized spacial score (nSPS) is 21.8. The lowest BCUT2D eigenvalue weighted by Gasteiger charge is -2.39. The third-order valence-electron chi connectivity index (χ3n) is 1.99. The zero-order chi connectivity index (χ0) is 8.32. The van der Waals surface area contributed by atoms with Crippen LogP contribution < -0.4 is 5.32 Å². The third kappa shape index (κ3) is 2.77. The second-order valence-electron chi connectivity index (χ2n) is 3.71. The third-order valence-corrected chi connectivity index (χ3v) is 1.99. The average Bonchev–Trinajstić information content (AvgIpc) is 1.83. The summed E-state index contributed by atoms with van der Waals surface area (Å²) in [5.74, 6) is 0. The smallest absolute Gasteiger partial charge is 0.0902 e. The molecule has 0 atom stereocenters. The highest BCUT2D eigenvalue weighted by molar-refractivity contribution is 4.90. The molecule has 1 rings (SSSR count). The molecule has 0 aliphatic carbocycles. The van der Waals surface area contributed by atoms with Crippen molar-refractivity contribution in [1.29, 1.82) is 0 Å². The monoisotopic (exact) mass is 158 g/mol. The van der Waals surface area contributed by atoms with E-state index in [2.05, 4.69) is 31.2 Å². The van der Waals surface area contributed by atoms with E-state index < -0.39 is 0 Å². The Kier molecular flexibility index (Phi) is 2.87. The summed E-state index contributed by atoms with van der Waals surface area (Å²) in [5, 5.41) is 3.20. The Morgan fingerprint density at radius 2 is 2.09 bits per heavy atom. The van der Waals surface area contributed by atoms with E-state index in [0.29, 0.717) is 0 Å². The molecule has 3 heteroatoms. The van der Waals surface area contributed by atoms with Crippen LogP contribution in [0.2, 0.25) is 0 Å². The van der Waals surface area contributed by atoms with Gasteiger partial charge < -0.3 is 15.0 Å². The lowest BCUT2D eigenvalue weighted by Crippen LogP contribution is -2.59.